The van der Waals surface area contributed by atoms with Crippen LogP contribution in [0.5, 0.6) is 0 Å². The van der Waals surface area contributed by atoms with Crippen molar-refractivity contribution in [2.45, 2.75) is 33.6 Å². The highest BCUT2D eigenvalue weighted by Gasteiger charge is 2.11. The molecule has 0 bridgehead atoms. The number of allylic oxidation sites excluding steroid dienone is 2. The lowest BCUT2D eigenvalue weighted by Crippen LogP contribution is -2.10. The first-order valence-electron chi connectivity index (χ1n) is 4.41. The first-order valence-corrected chi connectivity index (χ1v) is 4.41. The van der Waals surface area contributed by atoms with E-state index in [9.17, 15) is 4.79 Å². The van der Waals surface area contributed by atoms with Crippen LogP contribution in [0.1, 0.15) is 33.6 Å². The van der Waals surface area contributed by atoms with E-state index in [0.29, 0.717) is 5.76 Å². The van der Waals surface area contributed by atoms with Crippen molar-refractivity contribution >= 4 is 5.78 Å². The molecule has 2 heteroatoms. The molecule has 0 aliphatic heterocycles. The smallest absolute Gasteiger partial charge is 0.162 e. The predicted molar refractivity (Wildman–Crippen MR) is 49.8 cm³/mol. The van der Waals surface area contributed by atoms with E-state index in [4.69, 9.17) is 4.74 Å². The standard InChI is InChI=1S/C10H18O2/c1-5-9(6-2)10(11)7-8(3)12-4/h7,9H,5-6H2,1-4H3/b8-7-. The molecular formula is C10H18O2. The van der Waals surface area contributed by atoms with Crippen LogP contribution in [0.2, 0.25) is 0 Å². The second kappa shape index (κ2) is 5.81. The van der Waals surface area contributed by atoms with Gasteiger partial charge in [-0.15, -0.1) is 0 Å². The molecule has 0 spiro atoms. The van der Waals surface area contributed by atoms with E-state index in [-0.39, 0.29) is 11.7 Å². The van der Waals surface area contributed by atoms with Gasteiger partial charge in [0.05, 0.1) is 12.9 Å². The fraction of sp³-hybridized carbons (Fsp3) is 0.700. The maximum Gasteiger partial charge on any atom is 0.162 e. The highest BCUT2D eigenvalue weighted by atomic mass is 16.5. The number of hydrogen-bond acceptors (Lipinski definition) is 2. The molecule has 0 unspecified atom stereocenters. The predicted octanol–water partition coefficient (Wildman–Crippen LogP) is 2.54. The Balaban J connectivity index is 4.18. The summed E-state index contributed by atoms with van der Waals surface area (Å²) < 4.78 is 4.90. The Labute approximate surface area is 74.6 Å². The molecule has 12 heavy (non-hydrogen) atoms. The van der Waals surface area contributed by atoms with Crippen molar-refractivity contribution in [3.8, 4) is 0 Å². The Morgan fingerprint density at radius 3 is 2.25 bits per heavy atom. The summed E-state index contributed by atoms with van der Waals surface area (Å²) in [5.41, 5.74) is 0. The Bertz CT molecular complexity index is 167. The largest absolute Gasteiger partial charge is 0.501 e. The third-order valence-electron chi connectivity index (χ3n) is 2.06. The van der Waals surface area contributed by atoms with Crippen LogP contribution in [0.15, 0.2) is 11.8 Å². The van der Waals surface area contributed by atoms with Crippen molar-refractivity contribution < 1.29 is 9.53 Å². The number of ketones is 1. The molecule has 0 atom stereocenters. The van der Waals surface area contributed by atoms with Crippen molar-refractivity contribution in [3.63, 3.8) is 0 Å². The van der Waals surface area contributed by atoms with Gasteiger partial charge in [0.2, 0.25) is 0 Å². The highest BCUT2D eigenvalue weighted by molar-refractivity contribution is 5.91. The van der Waals surface area contributed by atoms with Gasteiger partial charge in [0.25, 0.3) is 0 Å². The zero-order valence-electron chi connectivity index (χ0n) is 8.39. The summed E-state index contributed by atoms with van der Waals surface area (Å²) >= 11 is 0. The monoisotopic (exact) mass is 170 g/mol. The molecule has 0 fully saturated rings. The fourth-order valence-electron chi connectivity index (χ4n) is 1.07. The Morgan fingerprint density at radius 1 is 1.42 bits per heavy atom. The van der Waals surface area contributed by atoms with Crippen LogP contribution >= 0.6 is 0 Å². The van der Waals surface area contributed by atoms with E-state index in [2.05, 4.69) is 0 Å². The molecule has 0 aromatic rings. The first kappa shape index (κ1) is 11.2. The van der Waals surface area contributed by atoms with Crippen molar-refractivity contribution in [2.75, 3.05) is 7.11 Å². The van der Waals surface area contributed by atoms with Crippen molar-refractivity contribution in [1.82, 2.24) is 0 Å². The summed E-state index contributed by atoms with van der Waals surface area (Å²) in [6.45, 7) is 5.85. The Hall–Kier alpha value is -0.790. The summed E-state index contributed by atoms with van der Waals surface area (Å²) in [5, 5.41) is 0. The average molecular weight is 170 g/mol. The van der Waals surface area contributed by atoms with Gasteiger partial charge in [-0.2, -0.15) is 0 Å². The van der Waals surface area contributed by atoms with Gasteiger partial charge in [-0.3, -0.25) is 4.79 Å². The zero-order chi connectivity index (χ0) is 9.56. The molecule has 0 amide bonds. The molecule has 70 valence electrons. The molecule has 0 saturated carbocycles. The van der Waals surface area contributed by atoms with Gasteiger partial charge in [-0.1, -0.05) is 13.8 Å². The summed E-state index contributed by atoms with van der Waals surface area (Å²) in [6, 6.07) is 0. The van der Waals surface area contributed by atoms with Gasteiger partial charge in [-0.25, -0.2) is 0 Å². The van der Waals surface area contributed by atoms with E-state index in [1.165, 1.54) is 0 Å². The van der Waals surface area contributed by atoms with Gasteiger partial charge in [0.15, 0.2) is 5.78 Å². The van der Waals surface area contributed by atoms with E-state index < -0.39 is 0 Å². The maximum absolute atomic E-state index is 11.4. The quantitative estimate of drug-likeness (QED) is 0.468. The van der Waals surface area contributed by atoms with E-state index in [1.54, 1.807) is 20.1 Å². The molecule has 0 aromatic carbocycles. The number of carbonyl (C=O) groups is 1. The molecule has 2 nitrogen and oxygen atoms in total. The SMILES string of the molecule is CCC(CC)C(=O)/C=C(/C)OC. The number of hydrogen-bond donors (Lipinski definition) is 0. The number of rotatable bonds is 5. The number of ether oxygens (including phenoxy) is 1. The van der Waals surface area contributed by atoms with Crippen molar-refractivity contribution in [1.29, 1.82) is 0 Å². The van der Waals surface area contributed by atoms with Crippen LogP contribution < -0.4 is 0 Å². The lowest BCUT2D eigenvalue weighted by atomic mass is 9.98. The average Bonchev–Trinajstić information content (AvgIpc) is 2.06. The molecule has 0 aromatic heterocycles. The van der Waals surface area contributed by atoms with Crippen LogP contribution in [0.3, 0.4) is 0 Å². The van der Waals surface area contributed by atoms with Crippen LogP contribution in [0.25, 0.3) is 0 Å². The molecule has 0 aliphatic carbocycles. The molecule has 0 aliphatic rings. The van der Waals surface area contributed by atoms with E-state index >= 15 is 0 Å². The minimum absolute atomic E-state index is 0.162. The topological polar surface area (TPSA) is 26.3 Å². The summed E-state index contributed by atoms with van der Waals surface area (Å²) in [7, 11) is 1.58. The molecule has 0 radical (unpaired) electrons. The summed E-state index contributed by atoms with van der Waals surface area (Å²) in [4.78, 5) is 11.4. The molecule has 0 saturated heterocycles. The highest BCUT2D eigenvalue weighted by Crippen LogP contribution is 2.10. The van der Waals surface area contributed by atoms with Gasteiger partial charge < -0.3 is 4.74 Å². The van der Waals surface area contributed by atoms with Crippen molar-refractivity contribution in [3.05, 3.63) is 11.8 Å². The van der Waals surface area contributed by atoms with Crippen LogP contribution in [0, 0.1) is 5.92 Å². The van der Waals surface area contributed by atoms with Gasteiger partial charge in [0.1, 0.15) is 0 Å². The van der Waals surface area contributed by atoms with Crippen LogP contribution in [0.4, 0.5) is 0 Å². The third-order valence-corrected chi connectivity index (χ3v) is 2.06. The lowest BCUT2D eigenvalue weighted by molar-refractivity contribution is -0.118. The second-order valence-electron chi connectivity index (χ2n) is 2.87. The Kier molecular flexibility index (Phi) is 5.43. The van der Waals surface area contributed by atoms with Crippen LogP contribution in [-0.4, -0.2) is 12.9 Å². The van der Waals surface area contributed by atoms with Crippen LogP contribution in [-0.2, 0) is 9.53 Å². The van der Waals surface area contributed by atoms with Gasteiger partial charge in [0, 0.05) is 12.0 Å². The Morgan fingerprint density at radius 2 is 1.92 bits per heavy atom. The molecule has 0 rings (SSSR count). The van der Waals surface area contributed by atoms with E-state index in [1.807, 2.05) is 13.8 Å². The van der Waals surface area contributed by atoms with E-state index in [0.717, 1.165) is 12.8 Å². The van der Waals surface area contributed by atoms with Crippen molar-refractivity contribution in [2.24, 2.45) is 5.92 Å². The van der Waals surface area contributed by atoms with Gasteiger partial charge in [-0.05, 0) is 19.8 Å². The molecular weight excluding hydrogens is 152 g/mol. The fourth-order valence-corrected chi connectivity index (χ4v) is 1.07. The number of methoxy groups -OCH3 is 1. The minimum atomic E-state index is 0.162. The second-order valence-corrected chi connectivity index (χ2v) is 2.87. The minimum Gasteiger partial charge on any atom is -0.501 e. The summed E-state index contributed by atoms with van der Waals surface area (Å²) in [5.74, 6) is 1.03. The normalized spacial score (nSPS) is 11.9. The number of carbonyl (C=O) groups excluding carboxylic acids is 1. The first-order chi connectivity index (χ1) is 5.65. The maximum atomic E-state index is 11.4. The third kappa shape index (κ3) is 3.56. The lowest BCUT2D eigenvalue weighted by Gasteiger charge is -2.07. The molecule has 0 heterocycles. The van der Waals surface area contributed by atoms with Gasteiger partial charge >= 0.3 is 0 Å². The summed E-state index contributed by atoms with van der Waals surface area (Å²) in [6.07, 6.45) is 3.39. The zero-order valence-corrected chi connectivity index (χ0v) is 8.39. The molecule has 0 N–H and O–H groups in total.